The van der Waals surface area contributed by atoms with Gasteiger partial charge in [0.2, 0.25) is 0 Å². The Balaban J connectivity index is 2.20. The summed E-state index contributed by atoms with van der Waals surface area (Å²) in [4.78, 5) is 0. The number of fused-ring (bicyclic) bond motifs is 3. The second-order valence-corrected chi connectivity index (χ2v) is 4.57. The van der Waals surface area contributed by atoms with E-state index in [2.05, 4.69) is 34.1 Å². The van der Waals surface area contributed by atoms with E-state index in [0.29, 0.717) is 0 Å². The molecule has 2 unspecified atom stereocenters. The summed E-state index contributed by atoms with van der Waals surface area (Å²) >= 11 is 3.51. The second-order valence-electron chi connectivity index (χ2n) is 3.65. The molecular weight excluding hydrogens is 200 g/mol. The summed E-state index contributed by atoms with van der Waals surface area (Å²) in [7, 11) is 0. The van der Waals surface area contributed by atoms with Gasteiger partial charge in [0.15, 0.2) is 0 Å². The Hall–Kier alpha value is -0.300. The minimum Gasteiger partial charge on any atom is -0.0576 e. The monoisotopic (exact) mass is 208 g/mol. The molecule has 0 heterocycles. The fourth-order valence-corrected chi connectivity index (χ4v) is 2.61. The van der Waals surface area contributed by atoms with Crippen LogP contribution in [0.5, 0.6) is 0 Å². The number of hydrogen-bond donors (Lipinski definition) is 0. The van der Waals surface area contributed by atoms with E-state index in [-0.39, 0.29) is 0 Å². The van der Waals surface area contributed by atoms with E-state index in [1.807, 2.05) is 0 Å². The summed E-state index contributed by atoms with van der Waals surface area (Å²) in [6.45, 7) is 0. The lowest BCUT2D eigenvalue weighted by Gasteiger charge is -2.01. The highest BCUT2D eigenvalue weighted by molar-refractivity contribution is 9.10. The molecule has 1 aromatic rings. The van der Waals surface area contributed by atoms with Crippen LogP contribution in [0.4, 0.5) is 0 Å². The molecule has 1 heteroatoms. The van der Waals surface area contributed by atoms with Crippen molar-refractivity contribution in [3.63, 3.8) is 0 Å². The first-order chi connectivity index (χ1) is 5.34. The summed E-state index contributed by atoms with van der Waals surface area (Å²) in [5.41, 5.74) is 3.21. The molecule has 0 aromatic heterocycles. The van der Waals surface area contributed by atoms with Crippen molar-refractivity contribution in [2.45, 2.75) is 18.8 Å². The van der Waals surface area contributed by atoms with Crippen molar-refractivity contribution in [1.29, 1.82) is 0 Å². The first-order valence-electron chi connectivity index (χ1n) is 4.13. The fraction of sp³-hybridized carbons (Fsp3) is 0.400. The fourth-order valence-electron chi connectivity index (χ4n) is 2.23. The lowest BCUT2D eigenvalue weighted by atomic mass is 10.1. The van der Waals surface area contributed by atoms with E-state index in [0.717, 1.165) is 11.8 Å². The first-order valence-corrected chi connectivity index (χ1v) is 4.92. The Morgan fingerprint density at radius 2 is 2.27 bits per heavy atom. The maximum Gasteiger partial charge on any atom is 0.0178 e. The number of halogens is 1. The normalized spacial score (nSPS) is 31.4. The Kier molecular flexibility index (Phi) is 1.07. The van der Waals surface area contributed by atoms with Crippen molar-refractivity contribution in [3.05, 3.63) is 33.8 Å². The minimum atomic E-state index is 0.933. The third-order valence-electron chi connectivity index (χ3n) is 2.91. The maximum atomic E-state index is 3.51. The van der Waals surface area contributed by atoms with Gasteiger partial charge in [-0.3, -0.25) is 0 Å². The van der Waals surface area contributed by atoms with Crippen LogP contribution in [0, 0.1) is 5.92 Å². The van der Waals surface area contributed by atoms with Crippen LogP contribution in [0.1, 0.15) is 23.5 Å². The zero-order valence-corrected chi connectivity index (χ0v) is 7.76. The Labute approximate surface area is 74.7 Å². The number of benzene rings is 1. The molecule has 0 bridgehead atoms. The van der Waals surface area contributed by atoms with E-state index in [1.165, 1.54) is 17.3 Å². The van der Waals surface area contributed by atoms with Gasteiger partial charge >= 0.3 is 0 Å². The minimum absolute atomic E-state index is 0.933. The van der Waals surface area contributed by atoms with Gasteiger partial charge in [0.05, 0.1) is 0 Å². The Morgan fingerprint density at radius 1 is 1.36 bits per heavy atom. The summed E-state index contributed by atoms with van der Waals surface area (Å²) < 4.78 is 1.24. The first kappa shape index (κ1) is 6.24. The Morgan fingerprint density at radius 3 is 3.18 bits per heavy atom. The van der Waals surface area contributed by atoms with Crippen molar-refractivity contribution < 1.29 is 0 Å². The molecule has 0 spiro atoms. The highest BCUT2D eigenvalue weighted by Crippen LogP contribution is 2.56. The van der Waals surface area contributed by atoms with Crippen LogP contribution < -0.4 is 0 Å². The van der Waals surface area contributed by atoms with E-state index >= 15 is 0 Å². The average Bonchev–Trinajstić information content (AvgIpc) is 2.67. The molecule has 0 saturated heterocycles. The summed E-state index contributed by atoms with van der Waals surface area (Å²) in [6, 6.07) is 6.72. The summed E-state index contributed by atoms with van der Waals surface area (Å²) in [6.07, 6.45) is 2.79. The van der Waals surface area contributed by atoms with Crippen LogP contribution in [0.15, 0.2) is 22.7 Å². The molecule has 2 aliphatic rings. The lowest BCUT2D eigenvalue weighted by molar-refractivity contribution is 0.857. The molecule has 0 radical (unpaired) electrons. The van der Waals surface area contributed by atoms with Crippen LogP contribution in [-0.2, 0) is 6.42 Å². The quantitative estimate of drug-likeness (QED) is 0.615. The zero-order valence-electron chi connectivity index (χ0n) is 6.18. The van der Waals surface area contributed by atoms with Crippen LogP contribution in [0.3, 0.4) is 0 Å². The highest BCUT2D eigenvalue weighted by Gasteiger charge is 2.44. The zero-order chi connectivity index (χ0) is 7.42. The van der Waals surface area contributed by atoms with E-state index in [4.69, 9.17) is 0 Å². The van der Waals surface area contributed by atoms with Crippen molar-refractivity contribution >= 4 is 15.9 Å². The summed E-state index contributed by atoms with van der Waals surface area (Å²) in [5, 5.41) is 0. The smallest absolute Gasteiger partial charge is 0.0178 e. The topological polar surface area (TPSA) is 0 Å². The lowest BCUT2D eigenvalue weighted by Crippen LogP contribution is -1.84. The van der Waals surface area contributed by atoms with Gasteiger partial charge < -0.3 is 0 Å². The molecule has 0 aliphatic heterocycles. The maximum absolute atomic E-state index is 3.51. The standard InChI is InChI=1S/C10H9Br/c11-8-2-1-6-3-7-4-9(7)10(6)5-8/h1-2,5,7,9H,3-4H2. The molecule has 1 aromatic carbocycles. The predicted octanol–water partition coefficient (Wildman–Crippen LogP) is 3.11. The molecule has 11 heavy (non-hydrogen) atoms. The van der Waals surface area contributed by atoms with Crippen LogP contribution in [0.25, 0.3) is 0 Å². The second kappa shape index (κ2) is 1.89. The molecular formula is C10H9Br. The van der Waals surface area contributed by atoms with E-state index in [1.54, 1.807) is 11.1 Å². The molecule has 0 N–H and O–H groups in total. The van der Waals surface area contributed by atoms with Crippen molar-refractivity contribution in [1.82, 2.24) is 0 Å². The van der Waals surface area contributed by atoms with Gasteiger partial charge in [-0.2, -0.15) is 0 Å². The average molecular weight is 209 g/mol. The van der Waals surface area contributed by atoms with Gasteiger partial charge in [-0.1, -0.05) is 22.0 Å². The van der Waals surface area contributed by atoms with Crippen molar-refractivity contribution in [2.24, 2.45) is 5.92 Å². The molecule has 2 aliphatic carbocycles. The van der Waals surface area contributed by atoms with Crippen molar-refractivity contribution in [3.8, 4) is 0 Å². The van der Waals surface area contributed by atoms with Crippen molar-refractivity contribution in [2.75, 3.05) is 0 Å². The Bertz CT molecular complexity index is 317. The van der Waals surface area contributed by atoms with Gasteiger partial charge in [-0.15, -0.1) is 0 Å². The molecule has 3 rings (SSSR count). The predicted molar refractivity (Wildman–Crippen MR) is 48.7 cm³/mol. The largest absolute Gasteiger partial charge is 0.0576 e. The van der Waals surface area contributed by atoms with Crippen LogP contribution in [0.2, 0.25) is 0 Å². The van der Waals surface area contributed by atoms with Gasteiger partial charge in [0, 0.05) is 4.47 Å². The van der Waals surface area contributed by atoms with Gasteiger partial charge in [0.25, 0.3) is 0 Å². The van der Waals surface area contributed by atoms with Gasteiger partial charge in [0.1, 0.15) is 0 Å². The number of hydrogen-bond acceptors (Lipinski definition) is 0. The third-order valence-corrected chi connectivity index (χ3v) is 3.41. The molecule has 1 saturated carbocycles. The van der Waals surface area contributed by atoms with Crippen LogP contribution >= 0.6 is 15.9 Å². The molecule has 56 valence electrons. The molecule has 1 fully saturated rings. The molecule has 0 amide bonds. The van der Waals surface area contributed by atoms with Crippen LogP contribution in [-0.4, -0.2) is 0 Å². The highest BCUT2D eigenvalue weighted by atomic mass is 79.9. The third kappa shape index (κ3) is 0.807. The SMILES string of the molecule is Brc1ccc2c(c1)C1CC1C2. The van der Waals surface area contributed by atoms with Gasteiger partial charge in [-0.05, 0) is 47.9 Å². The van der Waals surface area contributed by atoms with Gasteiger partial charge in [-0.25, -0.2) is 0 Å². The number of rotatable bonds is 0. The van der Waals surface area contributed by atoms with E-state index in [9.17, 15) is 0 Å². The molecule has 0 nitrogen and oxygen atoms in total. The summed E-state index contributed by atoms with van der Waals surface area (Å²) in [5.74, 6) is 1.95. The van der Waals surface area contributed by atoms with E-state index < -0.39 is 0 Å². The molecule has 2 atom stereocenters.